The van der Waals surface area contributed by atoms with Crippen molar-refractivity contribution < 1.29 is 113 Å². The number of alkyl halides is 4. The molecule has 0 spiro atoms. The van der Waals surface area contributed by atoms with E-state index >= 15 is 0 Å². The first kappa shape index (κ1) is 37.3. The van der Waals surface area contributed by atoms with Crippen LogP contribution in [0.15, 0.2) is 12.3 Å². The topological polar surface area (TPSA) is 139 Å². The molecule has 0 aromatic carbocycles. The molecule has 0 aliphatic rings. The fourth-order valence-corrected chi connectivity index (χ4v) is 1.33. The summed E-state index contributed by atoms with van der Waals surface area (Å²) in [4.78, 5) is 44.4. The van der Waals surface area contributed by atoms with Crippen LogP contribution in [0.5, 0.6) is 0 Å². The third kappa shape index (κ3) is 33.8. The van der Waals surface area contributed by atoms with E-state index in [-0.39, 0.29) is 102 Å². The molecular formula is C17H25F4KO9. The second-order valence-electron chi connectivity index (χ2n) is 5.25. The van der Waals surface area contributed by atoms with Crippen molar-refractivity contribution in [1.29, 1.82) is 0 Å². The molecule has 0 atom stereocenters. The molecular weight excluding hydrogens is 463 g/mol. The van der Waals surface area contributed by atoms with Crippen LogP contribution < -0.4 is 56.6 Å². The fourth-order valence-electron chi connectivity index (χ4n) is 1.33. The maximum atomic E-state index is 11.6. The summed E-state index contributed by atoms with van der Waals surface area (Å²) in [7, 11) is 2.31. The largest absolute Gasteiger partial charge is 1.00 e. The molecule has 0 aromatic heterocycles. The smallest absolute Gasteiger partial charge is 0.664 e. The molecule has 0 heterocycles. The van der Waals surface area contributed by atoms with Crippen LogP contribution in [0.25, 0.3) is 0 Å². The van der Waals surface area contributed by atoms with E-state index in [0.29, 0.717) is 0 Å². The van der Waals surface area contributed by atoms with Gasteiger partial charge in [-0.1, -0.05) is 0 Å². The second-order valence-corrected chi connectivity index (χ2v) is 5.25. The molecule has 31 heavy (non-hydrogen) atoms. The Morgan fingerprint density at radius 3 is 1.68 bits per heavy atom. The van der Waals surface area contributed by atoms with Gasteiger partial charge in [0, 0.05) is 25.7 Å². The molecule has 0 aromatic rings. The van der Waals surface area contributed by atoms with E-state index in [9.17, 15) is 42.0 Å². The van der Waals surface area contributed by atoms with Crippen LogP contribution in [-0.4, -0.2) is 55.9 Å². The van der Waals surface area contributed by atoms with Gasteiger partial charge in [0.15, 0.2) is 5.76 Å². The van der Waals surface area contributed by atoms with Gasteiger partial charge >= 0.3 is 69.3 Å². The molecule has 0 bridgehead atoms. The minimum absolute atomic E-state index is 0. The average molecular weight is 488 g/mol. The van der Waals surface area contributed by atoms with Gasteiger partial charge in [-0.25, -0.2) is 22.4 Å². The van der Waals surface area contributed by atoms with Crippen molar-refractivity contribution in [3.63, 3.8) is 0 Å². The Bertz CT molecular complexity index is 518. The van der Waals surface area contributed by atoms with E-state index < -0.39 is 36.5 Å². The molecule has 14 heteroatoms. The number of carboxylic acids is 1. The third-order valence-electron chi connectivity index (χ3n) is 2.77. The van der Waals surface area contributed by atoms with Crippen LogP contribution in [0.2, 0.25) is 0 Å². The number of carbonyl (C=O) groups is 4. The average Bonchev–Trinajstić information content (AvgIpc) is 2.66. The van der Waals surface area contributed by atoms with Crippen molar-refractivity contribution in [3.05, 3.63) is 12.3 Å². The van der Waals surface area contributed by atoms with Crippen molar-refractivity contribution in [2.75, 3.05) is 14.2 Å². The maximum absolute atomic E-state index is 11.6. The summed E-state index contributed by atoms with van der Waals surface area (Å²) in [6, 6.07) is 0. The molecule has 0 unspecified atom stereocenters. The SMILES string of the molecule is C=C(O[O-])C(=O)OC.COC(=O)CC(=O)CCCC(F)F.O=C(O)CCCC(F)F.[K+]. The summed E-state index contributed by atoms with van der Waals surface area (Å²) < 4.78 is 54.1. The van der Waals surface area contributed by atoms with Crippen LogP contribution in [-0.2, 0) is 33.5 Å². The number of Topliss-reactive ketones (excluding diaryl/α,β-unsaturated/α-hetero) is 1. The Morgan fingerprint density at radius 2 is 1.39 bits per heavy atom. The van der Waals surface area contributed by atoms with E-state index in [1.807, 2.05) is 0 Å². The Labute approximate surface area is 219 Å². The molecule has 0 fully saturated rings. The number of ether oxygens (including phenoxy) is 2. The molecule has 0 radical (unpaired) electrons. The summed E-state index contributed by atoms with van der Waals surface area (Å²) in [5.41, 5.74) is 0. The Morgan fingerprint density at radius 1 is 0.935 bits per heavy atom. The van der Waals surface area contributed by atoms with Crippen molar-refractivity contribution in [2.45, 2.75) is 57.8 Å². The van der Waals surface area contributed by atoms with E-state index in [1.54, 1.807) is 0 Å². The summed E-state index contributed by atoms with van der Waals surface area (Å²) >= 11 is 0. The van der Waals surface area contributed by atoms with Gasteiger partial charge < -0.3 is 24.7 Å². The van der Waals surface area contributed by atoms with Gasteiger partial charge in [0.1, 0.15) is 12.2 Å². The number of hydrogen-bond donors (Lipinski definition) is 1. The molecule has 0 saturated heterocycles. The molecule has 176 valence electrons. The van der Waals surface area contributed by atoms with Gasteiger partial charge in [0.05, 0.1) is 14.2 Å². The fraction of sp³-hybridized carbons (Fsp3) is 0.647. The normalized spacial score (nSPS) is 9.19. The standard InChI is InChI=1S/C8H12F2O3.C5H8F2O2.C4H6O4.K/c1-13-8(12)5-6(11)3-2-4-7(9)10;6-4(7)2-1-3-5(8)9;1-3(8-6)4(5)7-2;/h7H,2-5H2,1H3;4H,1-3H2,(H,8,9);6H,1H2,2H3;/q;;;+1/p-1. The minimum atomic E-state index is -2.38. The predicted molar refractivity (Wildman–Crippen MR) is 91.2 cm³/mol. The Hall–Kier alpha value is -1.06. The van der Waals surface area contributed by atoms with Crippen LogP contribution in [0.4, 0.5) is 17.6 Å². The minimum Gasteiger partial charge on any atom is -0.664 e. The van der Waals surface area contributed by atoms with Gasteiger partial charge in [-0.2, -0.15) is 0 Å². The van der Waals surface area contributed by atoms with E-state index in [0.717, 1.165) is 7.11 Å². The van der Waals surface area contributed by atoms with Gasteiger partial charge in [0.2, 0.25) is 12.9 Å². The second kappa shape index (κ2) is 25.2. The molecule has 0 saturated carbocycles. The zero-order valence-electron chi connectivity index (χ0n) is 17.5. The quantitative estimate of drug-likeness (QED) is 0.0537. The number of carbonyl (C=O) groups excluding carboxylic acids is 3. The van der Waals surface area contributed by atoms with Crippen molar-refractivity contribution in [2.24, 2.45) is 0 Å². The summed E-state index contributed by atoms with van der Waals surface area (Å²) in [5.74, 6) is -3.38. The zero-order valence-corrected chi connectivity index (χ0v) is 20.7. The first-order chi connectivity index (χ1) is 13.9. The van der Waals surface area contributed by atoms with E-state index in [2.05, 4.69) is 20.9 Å². The van der Waals surface area contributed by atoms with Crippen molar-refractivity contribution in [1.82, 2.24) is 0 Å². The summed E-state index contributed by atoms with van der Waals surface area (Å²) in [6.07, 6.45) is -5.65. The van der Waals surface area contributed by atoms with Crippen LogP contribution in [0, 0.1) is 0 Å². The number of esters is 2. The van der Waals surface area contributed by atoms with Crippen molar-refractivity contribution >= 4 is 23.7 Å². The van der Waals surface area contributed by atoms with Crippen LogP contribution in [0.1, 0.15) is 44.9 Å². The monoisotopic (exact) mass is 488 g/mol. The van der Waals surface area contributed by atoms with Crippen LogP contribution in [0.3, 0.4) is 0 Å². The number of hydrogen-bond acceptors (Lipinski definition) is 8. The molecule has 0 aliphatic carbocycles. The number of aliphatic carboxylic acids is 1. The first-order valence-electron chi connectivity index (χ1n) is 8.34. The third-order valence-corrected chi connectivity index (χ3v) is 2.77. The molecule has 0 aliphatic heterocycles. The van der Waals surface area contributed by atoms with Gasteiger partial charge in [-0.15, -0.1) is 0 Å². The number of carboxylic acid groups (broad SMARTS) is 1. The van der Waals surface area contributed by atoms with Gasteiger partial charge in [-0.05, 0) is 19.4 Å². The first-order valence-corrected chi connectivity index (χ1v) is 8.34. The Kier molecular flexibility index (Phi) is 30.3. The van der Waals surface area contributed by atoms with Gasteiger partial charge in [-0.3, -0.25) is 14.4 Å². The number of ketones is 1. The number of methoxy groups -OCH3 is 2. The van der Waals surface area contributed by atoms with E-state index in [1.165, 1.54) is 7.11 Å². The summed E-state index contributed by atoms with van der Waals surface area (Å²) in [6.45, 7) is 2.93. The van der Waals surface area contributed by atoms with Crippen molar-refractivity contribution in [3.8, 4) is 0 Å². The Balaban J connectivity index is -0.000000180. The number of rotatable bonds is 12. The molecule has 1 N–H and O–H groups in total. The maximum Gasteiger partial charge on any atom is 1.00 e. The van der Waals surface area contributed by atoms with Gasteiger partial charge in [0.25, 0.3) is 0 Å². The summed E-state index contributed by atoms with van der Waals surface area (Å²) in [5, 5.41) is 17.3. The predicted octanol–water partition coefficient (Wildman–Crippen LogP) is -0.971. The van der Waals surface area contributed by atoms with Crippen LogP contribution >= 0.6 is 0 Å². The zero-order chi connectivity index (χ0) is 24.1. The molecule has 0 rings (SSSR count). The molecule has 0 amide bonds. The number of halogens is 4. The van der Waals surface area contributed by atoms with E-state index in [4.69, 9.17) is 5.11 Å². The molecule has 9 nitrogen and oxygen atoms in total.